The van der Waals surface area contributed by atoms with Gasteiger partial charge in [0.15, 0.2) is 16.6 Å². The minimum Gasteiger partial charge on any atom is -0.440 e. The lowest BCUT2D eigenvalue weighted by Gasteiger charge is -2.30. The van der Waals surface area contributed by atoms with Crippen LogP contribution in [0.2, 0.25) is 0 Å². The predicted molar refractivity (Wildman–Crippen MR) is 85.3 cm³/mol. The van der Waals surface area contributed by atoms with E-state index in [0.717, 1.165) is 30.1 Å². The van der Waals surface area contributed by atoms with Crippen molar-refractivity contribution in [2.45, 2.75) is 24.9 Å². The molecule has 0 spiro atoms. The van der Waals surface area contributed by atoms with Gasteiger partial charge < -0.3 is 9.32 Å². The average Bonchev–Trinajstić information content (AvgIpc) is 3.21. The molecular formula is C16H14F3N3OS. The SMILES string of the molecule is FC(F)(F)c1cnc(N2CCC(c3nc4ccccc4o3)CC2)s1. The van der Waals surface area contributed by atoms with Crippen molar-refractivity contribution in [2.24, 2.45) is 0 Å². The summed E-state index contributed by atoms with van der Waals surface area (Å²) < 4.78 is 43.9. The van der Waals surface area contributed by atoms with E-state index < -0.39 is 11.1 Å². The number of rotatable bonds is 2. The Labute approximate surface area is 139 Å². The van der Waals surface area contributed by atoms with Crippen LogP contribution in [0.3, 0.4) is 0 Å². The first-order chi connectivity index (χ1) is 11.5. The highest BCUT2D eigenvalue weighted by Crippen LogP contribution is 2.38. The molecule has 0 radical (unpaired) electrons. The number of anilines is 1. The van der Waals surface area contributed by atoms with Crippen LogP contribution in [0.15, 0.2) is 34.9 Å². The van der Waals surface area contributed by atoms with Crippen molar-refractivity contribution >= 4 is 27.6 Å². The molecule has 4 rings (SSSR count). The molecule has 0 bridgehead atoms. The summed E-state index contributed by atoms with van der Waals surface area (Å²) >= 11 is 0.698. The van der Waals surface area contributed by atoms with Crippen LogP contribution in [0.4, 0.5) is 18.3 Å². The van der Waals surface area contributed by atoms with Crippen molar-refractivity contribution in [1.29, 1.82) is 0 Å². The summed E-state index contributed by atoms with van der Waals surface area (Å²) in [6.07, 6.45) is -1.85. The molecule has 2 aromatic heterocycles. The third-order valence-corrected chi connectivity index (χ3v) is 5.30. The molecule has 1 aromatic carbocycles. The number of benzene rings is 1. The molecule has 0 N–H and O–H groups in total. The van der Waals surface area contributed by atoms with Crippen LogP contribution in [0.25, 0.3) is 11.1 Å². The number of alkyl halides is 3. The van der Waals surface area contributed by atoms with Crippen LogP contribution in [0.5, 0.6) is 0 Å². The lowest BCUT2D eigenvalue weighted by molar-refractivity contribution is -0.134. The molecular weight excluding hydrogens is 339 g/mol. The van der Waals surface area contributed by atoms with Crippen LogP contribution in [0.1, 0.15) is 29.5 Å². The number of aromatic nitrogens is 2. The van der Waals surface area contributed by atoms with Gasteiger partial charge in [0.1, 0.15) is 10.4 Å². The maximum atomic E-state index is 12.7. The number of hydrogen-bond donors (Lipinski definition) is 0. The number of halogens is 3. The topological polar surface area (TPSA) is 42.2 Å². The van der Waals surface area contributed by atoms with Gasteiger partial charge in [0.2, 0.25) is 0 Å². The molecule has 3 heterocycles. The Morgan fingerprint density at radius 2 is 1.92 bits per heavy atom. The van der Waals surface area contributed by atoms with Gasteiger partial charge in [-0.15, -0.1) is 0 Å². The maximum absolute atomic E-state index is 12.7. The predicted octanol–water partition coefficient (Wildman–Crippen LogP) is 4.69. The molecule has 8 heteroatoms. The molecule has 0 unspecified atom stereocenters. The van der Waals surface area contributed by atoms with Crippen molar-refractivity contribution in [2.75, 3.05) is 18.0 Å². The Morgan fingerprint density at radius 1 is 1.17 bits per heavy atom. The van der Waals surface area contributed by atoms with E-state index in [1.54, 1.807) is 0 Å². The van der Waals surface area contributed by atoms with Gasteiger partial charge >= 0.3 is 6.18 Å². The lowest BCUT2D eigenvalue weighted by atomic mass is 9.97. The molecule has 1 saturated heterocycles. The summed E-state index contributed by atoms with van der Waals surface area (Å²) in [5.41, 5.74) is 1.61. The first-order valence-corrected chi connectivity index (χ1v) is 8.46. The first-order valence-electron chi connectivity index (χ1n) is 7.64. The number of para-hydroxylation sites is 2. The van der Waals surface area contributed by atoms with E-state index in [1.165, 1.54) is 0 Å². The van der Waals surface area contributed by atoms with E-state index >= 15 is 0 Å². The fraction of sp³-hybridized carbons (Fsp3) is 0.375. The van der Waals surface area contributed by atoms with Crippen LogP contribution in [0, 0.1) is 0 Å². The van der Waals surface area contributed by atoms with Crippen LogP contribution in [-0.2, 0) is 6.18 Å². The number of piperidine rings is 1. The Kier molecular flexibility index (Phi) is 3.71. The summed E-state index contributed by atoms with van der Waals surface area (Å²) in [6, 6.07) is 7.61. The number of hydrogen-bond acceptors (Lipinski definition) is 5. The van der Waals surface area contributed by atoms with E-state index in [9.17, 15) is 13.2 Å². The monoisotopic (exact) mass is 353 g/mol. The first kappa shape index (κ1) is 15.4. The minimum absolute atomic E-state index is 0.190. The minimum atomic E-state index is -4.33. The average molecular weight is 353 g/mol. The van der Waals surface area contributed by atoms with Crippen molar-refractivity contribution in [3.8, 4) is 0 Å². The second-order valence-electron chi connectivity index (χ2n) is 5.79. The van der Waals surface area contributed by atoms with Crippen molar-refractivity contribution < 1.29 is 17.6 Å². The van der Waals surface area contributed by atoms with E-state index in [1.807, 2.05) is 29.2 Å². The summed E-state index contributed by atoms with van der Waals surface area (Å²) in [5, 5.41) is 0.429. The Bertz CT molecular complexity index is 816. The van der Waals surface area contributed by atoms with E-state index in [0.29, 0.717) is 35.4 Å². The maximum Gasteiger partial charge on any atom is 0.427 e. The largest absolute Gasteiger partial charge is 0.440 e. The van der Waals surface area contributed by atoms with Gasteiger partial charge in [0.05, 0.1) is 6.20 Å². The van der Waals surface area contributed by atoms with Crippen LogP contribution in [-0.4, -0.2) is 23.1 Å². The van der Waals surface area contributed by atoms with Crippen LogP contribution >= 0.6 is 11.3 Å². The van der Waals surface area contributed by atoms with Crippen LogP contribution < -0.4 is 4.90 Å². The number of thiazole rings is 1. The van der Waals surface area contributed by atoms with Crippen molar-refractivity contribution in [3.05, 3.63) is 41.2 Å². The number of fused-ring (bicyclic) bond motifs is 1. The zero-order chi connectivity index (χ0) is 16.7. The third kappa shape index (κ3) is 2.86. The van der Waals surface area contributed by atoms with Crippen molar-refractivity contribution in [1.82, 2.24) is 9.97 Å². The van der Waals surface area contributed by atoms with Crippen molar-refractivity contribution in [3.63, 3.8) is 0 Å². The summed E-state index contributed by atoms with van der Waals surface area (Å²) in [7, 11) is 0. The Balaban J connectivity index is 1.45. The summed E-state index contributed by atoms with van der Waals surface area (Å²) in [4.78, 5) is 9.70. The van der Waals surface area contributed by atoms with Gasteiger partial charge in [-0.2, -0.15) is 13.2 Å². The van der Waals surface area contributed by atoms with E-state index in [2.05, 4.69) is 9.97 Å². The fourth-order valence-electron chi connectivity index (χ4n) is 2.92. The normalized spacial score (nSPS) is 16.9. The molecule has 4 nitrogen and oxygen atoms in total. The second-order valence-corrected chi connectivity index (χ2v) is 6.80. The van der Waals surface area contributed by atoms with Gasteiger partial charge in [0, 0.05) is 19.0 Å². The molecule has 0 atom stereocenters. The zero-order valence-electron chi connectivity index (χ0n) is 12.6. The Hall–Kier alpha value is -2.09. The molecule has 1 aliphatic heterocycles. The highest BCUT2D eigenvalue weighted by atomic mass is 32.1. The number of oxazole rings is 1. The standard InChI is InChI=1S/C16H14F3N3OS/c17-16(18,19)13-9-20-15(24-13)22-7-5-10(6-8-22)14-21-11-3-1-2-4-12(11)23-14/h1-4,9-10H,5-8H2. The molecule has 3 aromatic rings. The molecule has 0 aliphatic carbocycles. The van der Waals surface area contributed by atoms with E-state index in [-0.39, 0.29) is 5.92 Å². The Morgan fingerprint density at radius 3 is 2.58 bits per heavy atom. The molecule has 0 saturated carbocycles. The van der Waals surface area contributed by atoms with E-state index in [4.69, 9.17) is 4.42 Å². The fourth-order valence-corrected chi connectivity index (χ4v) is 3.76. The van der Waals surface area contributed by atoms with Gasteiger partial charge in [-0.25, -0.2) is 9.97 Å². The quantitative estimate of drug-likeness (QED) is 0.670. The molecule has 24 heavy (non-hydrogen) atoms. The molecule has 1 aliphatic rings. The van der Waals surface area contributed by atoms with Gasteiger partial charge in [-0.1, -0.05) is 23.5 Å². The summed E-state index contributed by atoms with van der Waals surface area (Å²) in [5.74, 6) is 0.904. The summed E-state index contributed by atoms with van der Waals surface area (Å²) in [6.45, 7) is 1.29. The highest BCUT2D eigenvalue weighted by Gasteiger charge is 2.34. The van der Waals surface area contributed by atoms with Gasteiger partial charge in [0.25, 0.3) is 0 Å². The van der Waals surface area contributed by atoms with Gasteiger partial charge in [-0.3, -0.25) is 0 Å². The molecule has 126 valence electrons. The third-order valence-electron chi connectivity index (χ3n) is 4.20. The second kappa shape index (κ2) is 5.77. The molecule has 0 amide bonds. The van der Waals surface area contributed by atoms with Gasteiger partial charge in [-0.05, 0) is 25.0 Å². The zero-order valence-corrected chi connectivity index (χ0v) is 13.4. The smallest absolute Gasteiger partial charge is 0.427 e. The molecule has 1 fully saturated rings. The lowest BCUT2D eigenvalue weighted by Crippen LogP contribution is -2.32. The number of nitrogens with zero attached hydrogens (tertiary/aromatic N) is 3. The highest BCUT2D eigenvalue weighted by molar-refractivity contribution is 7.15.